The van der Waals surface area contributed by atoms with Gasteiger partial charge in [-0.3, -0.25) is 10.1 Å². The zero-order valence-electron chi connectivity index (χ0n) is 10.7. The van der Waals surface area contributed by atoms with Crippen LogP contribution in [-0.4, -0.2) is 16.1 Å². The third-order valence-electron chi connectivity index (χ3n) is 2.28. The number of hydrogen-bond acceptors (Lipinski definition) is 4. The number of non-ortho nitro benzene ring substituents is 1. The van der Waals surface area contributed by atoms with E-state index in [9.17, 15) is 14.9 Å². The van der Waals surface area contributed by atoms with Crippen molar-refractivity contribution in [2.75, 3.05) is 0 Å². The fraction of sp³-hybridized carbons (Fsp3) is 0.154. The first-order valence-corrected chi connectivity index (χ1v) is 6.61. The van der Waals surface area contributed by atoms with Crippen LogP contribution in [0.5, 0.6) is 0 Å². The maximum atomic E-state index is 10.2. The van der Waals surface area contributed by atoms with Gasteiger partial charge in [-0.05, 0) is 18.4 Å². The van der Waals surface area contributed by atoms with Crippen molar-refractivity contribution in [2.24, 2.45) is 0 Å². The number of thiophene rings is 1. The Bertz CT molecular complexity index is 543. The Morgan fingerprint density at radius 2 is 1.95 bits per heavy atom. The van der Waals surface area contributed by atoms with E-state index in [0.717, 1.165) is 4.88 Å². The fourth-order valence-electron chi connectivity index (χ4n) is 1.34. The van der Waals surface area contributed by atoms with E-state index in [-0.39, 0.29) is 11.7 Å². The zero-order valence-corrected chi connectivity index (χ0v) is 11.5. The van der Waals surface area contributed by atoms with E-state index in [1.807, 2.05) is 24.4 Å². The molecule has 20 heavy (non-hydrogen) atoms. The third-order valence-corrected chi connectivity index (χ3v) is 3.33. The van der Waals surface area contributed by atoms with Gasteiger partial charge in [0, 0.05) is 17.0 Å². The fourth-order valence-corrected chi connectivity index (χ4v) is 2.08. The Morgan fingerprint density at radius 3 is 2.35 bits per heavy atom. The third kappa shape index (κ3) is 5.49. The summed E-state index contributed by atoms with van der Waals surface area (Å²) in [5, 5.41) is 22.7. The predicted molar refractivity (Wildman–Crippen MR) is 77.0 cm³/mol. The SMILES string of the molecule is C[C@@H](NC(=O)O)c1cccs1.O=[N+]([O-])c1ccccc1. The Labute approximate surface area is 119 Å². The van der Waals surface area contributed by atoms with Crippen LogP contribution in [0.3, 0.4) is 0 Å². The minimum atomic E-state index is -0.981. The Kier molecular flexibility index (Phi) is 6.18. The van der Waals surface area contributed by atoms with Crippen LogP contribution >= 0.6 is 11.3 Å². The van der Waals surface area contributed by atoms with Crippen molar-refractivity contribution >= 4 is 23.1 Å². The molecule has 1 amide bonds. The topological polar surface area (TPSA) is 92.5 Å². The number of nitro benzene ring substituents is 1. The highest BCUT2D eigenvalue weighted by Crippen LogP contribution is 2.17. The standard InChI is InChI=1S/C7H9NO2S.C6H5NO2/c1-5(8-7(9)10)6-3-2-4-11-6;8-7(9)6-4-2-1-3-5-6/h2-5,8H,1H3,(H,9,10);1-5H/t5-;/m1./s1. The second-order valence-electron chi connectivity index (χ2n) is 3.78. The number of rotatable bonds is 3. The van der Waals surface area contributed by atoms with Gasteiger partial charge in [-0.25, -0.2) is 4.79 Å². The first-order chi connectivity index (χ1) is 9.50. The average Bonchev–Trinajstić information content (AvgIpc) is 2.93. The number of nitro groups is 1. The predicted octanol–water partition coefficient (Wildman–Crippen LogP) is 3.67. The van der Waals surface area contributed by atoms with Crippen molar-refractivity contribution in [3.63, 3.8) is 0 Å². The highest BCUT2D eigenvalue weighted by molar-refractivity contribution is 7.10. The van der Waals surface area contributed by atoms with Gasteiger partial charge in [-0.1, -0.05) is 24.3 Å². The molecule has 7 heteroatoms. The van der Waals surface area contributed by atoms with Gasteiger partial charge in [0.1, 0.15) is 0 Å². The molecule has 1 atom stereocenters. The molecule has 6 nitrogen and oxygen atoms in total. The molecule has 2 rings (SSSR count). The van der Waals surface area contributed by atoms with Crippen LogP contribution in [0.1, 0.15) is 17.8 Å². The largest absolute Gasteiger partial charge is 0.465 e. The summed E-state index contributed by atoms with van der Waals surface area (Å²) in [6, 6.07) is 11.6. The second-order valence-corrected chi connectivity index (χ2v) is 4.76. The summed E-state index contributed by atoms with van der Waals surface area (Å²) in [6.07, 6.45) is -0.981. The first-order valence-electron chi connectivity index (χ1n) is 5.73. The summed E-state index contributed by atoms with van der Waals surface area (Å²) in [7, 11) is 0. The molecular weight excluding hydrogens is 280 g/mol. The van der Waals surface area contributed by atoms with Crippen LogP contribution in [0, 0.1) is 10.1 Å². The van der Waals surface area contributed by atoms with E-state index < -0.39 is 11.0 Å². The second kappa shape index (κ2) is 7.90. The summed E-state index contributed by atoms with van der Waals surface area (Å²) < 4.78 is 0. The number of amides is 1. The highest BCUT2D eigenvalue weighted by atomic mass is 32.1. The van der Waals surface area contributed by atoms with Crippen LogP contribution in [-0.2, 0) is 0 Å². The molecule has 0 radical (unpaired) electrons. The molecule has 1 heterocycles. The van der Waals surface area contributed by atoms with Crippen LogP contribution in [0.15, 0.2) is 47.8 Å². The number of carbonyl (C=O) groups is 1. The summed E-state index contributed by atoms with van der Waals surface area (Å²) in [5.41, 5.74) is 0.137. The lowest BCUT2D eigenvalue weighted by molar-refractivity contribution is -0.384. The molecule has 0 saturated carbocycles. The van der Waals surface area contributed by atoms with Crippen molar-refractivity contribution in [3.8, 4) is 0 Å². The van der Waals surface area contributed by atoms with Gasteiger partial charge >= 0.3 is 6.09 Å². The summed E-state index contributed by atoms with van der Waals surface area (Å²) in [5.74, 6) is 0. The number of para-hydroxylation sites is 1. The Hall–Kier alpha value is -2.41. The van der Waals surface area contributed by atoms with Gasteiger partial charge in [0.15, 0.2) is 0 Å². The lowest BCUT2D eigenvalue weighted by Crippen LogP contribution is -2.23. The molecule has 0 spiro atoms. The number of carboxylic acid groups (broad SMARTS) is 1. The summed E-state index contributed by atoms with van der Waals surface area (Å²) in [6.45, 7) is 1.82. The first kappa shape index (κ1) is 15.6. The molecule has 0 saturated heterocycles. The molecule has 2 aromatic rings. The van der Waals surface area contributed by atoms with Crippen molar-refractivity contribution in [1.82, 2.24) is 5.32 Å². The molecule has 0 bridgehead atoms. The number of nitrogens with zero attached hydrogens (tertiary/aromatic N) is 1. The van der Waals surface area contributed by atoms with Crippen molar-refractivity contribution in [1.29, 1.82) is 0 Å². The summed E-state index contributed by atoms with van der Waals surface area (Å²) >= 11 is 1.55. The van der Waals surface area contributed by atoms with Gasteiger partial charge in [0.05, 0.1) is 11.0 Å². The normalized spacial score (nSPS) is 10.8. The molecule has 0 aliphatic carbocycles. The maximum Gasteiger partial charge on any atom is 0.405 e. The average molecular weight is 294 g/mol. The van der Waals surface area contributed by atoms with E-state index >= 15 is 0 Å². The number of hydrogen-bond donors (Lipinski definition) is 2. The van der Waals surface area contributed by atoms with Gasteiger partial charge in [0.25, 0.3) is 5.69 Å². The van der Waals surface area contributed by atoms with Crippen molar-refractivity contribution in [3.05, 3.63) is 62.8 Å². The molecule has 2 N–H and O–H groups in total. The highest BCUT2D eigenvalue weighted by Gasteiger charge is 2.07. The molecule has 0 unspecified atom stereocenters. The number of benzene rings is 1. The maximum absolute atomic E-state index is 10.2. The molecule has 0 aliphatic heterocycles. The van der Waals surface area contributed by atoms with Gasteiger partial charge in [-0.15, -0.1) is 11.3 Å². The lowest BCUT2D eigenvalue weighted by Gasteiger charge is -2.07. The van der Waals surface area contributed by atoms with E-state index in [4.69, 9.17) is 5.11 Å². The van der Waals surface area contributed by atoms with Crippen molar-refractivity contribution in [2.45, 2.75) is 13.0 Å². The van der Waals surface area contributed by atoms with Gasteiger partial charge in [-0.2, -0.15) is 0 Å². The molecular formula is C13H14N2O4S. The van der Waals surface area contributed by atoms with Crippen LogP contribution < -0.4 is 5.32 Å². The number of nitrogens with one attached hydrogen (secondary N) is 1. The molecule has 1 aromatic heterocycles. The van der Waals surface area contributed by atoms with Gasteiger partial charge in [0.2, 0.25) is 0 Å². The Balaban J connectivity index is 0.000000204. The smallest absolute Gasteiger partial charge is 0.405 e. The molecule has 1 aromatic carbocycles. The minimum Gasteiger partial charge on any atom is -0.465 e. The lowest BCUT2D eigenvalue weighted by atomic mass is 10.3. The van der Waals surface area contributed by atoms with Crippen molar-refractivity contribution < 1.29 is 14.8 Å². The zero-order chi connectivity index (χ0) is 15.0. The molecule has 106 valence electrons. The van der Waals surface area contributed by atoms with E-state index in [1.54, 1.807) is 29.5 Å². The van der Waals surface area contributed by atoms with Crippen LogP contribution in [0.4, 0.5) is 10.5 Å². The van der Waals surface area contributed by atoms with Crippen LogP contribution in [0.25, 0.3) is 0 Å². The molecule has 0 fully saturated rings. The minimum absolute atomic E-state index is 0.104. The Morgan fingerprint density at radius 1 is 1.30 bits per heavy atom. The van der Waals surface area contributed by atoms with Gasteiger partial charge < -0.3 is 10.4 Å². The van der Waals surface area contributed by atoms with E-state index in [1.165, 1.54) is 12.1 Å². The summed E-state index contributed by atoms with van der Waals surface area (Å²) in [4.78, 5) is 20.8. The molecule has 0 aliphatic rings. The van der Waals surface area contributed by atoms with Crippen LogP contribution in [0.2, 0.25) is 0 Å². The van der Waals surface area contributed by atoms with E-state index in [0.29, 0.717) is 0 Å². The quantitative estimate of drug-likeness (QED) is 0.667. The van der Waals surface area contributed by atoms with E-state index in [2.05, 4.69) is 5.32 Å². The monoisotopic (exact) mass is 294 g/mol.